The van der Waals surface area contributed by atoms with Crippen molar-refractivity contribution >= 4 is 49.5 Å². The molecule has 0 heterocycles. The van der Waals surface area contributed by atoms with Crippen LogP contribution in [0.5, 0.6) is 11.5 Å². The Bertz CT molecular complexity index is 1520. The molecule has 0 aromatic heterocycles. The van der Waals surface area contributed by atoms with Crippen LogP contribution in [0.4, 0.5) is 5.69 Å². The molecule has 190 valence electrons. The topological polar surface area (TPSA) is 123 Å². The van der Waals surface area contributed by atoms with Gasteiger partial charge in [-0.1, -0.05) is 29.8 Å². The highest BCUT2D eigenvalue weighted by molar-refractivity contribution is 9.10. The number of aryl methyl sites for hydroxylation is 1. The summed E-state index contributed by atoms with van der Waals surface area (Å²) in [5.74, 6) is -0.927. The Hall–Kier alpha value is -3.94. The van der Waals surface area contributed by atoms with Gasteiger partial charge in [-0.2, -0.15) is 13.7 Å². The van der Waals surface area contributed by atoms with Crippen molar-refractivity contribution in [2.24, 2.45) is 0 Å². The van der Waals surface area contributed by atoms with Crippen LogP contribution < -0.4 is 14.2 Å². The zero-order chi connectivity index (χ0) is 27.2. The lowest BCUT2D eigenvalue weighted by molar-refractivity contribution is -0.112. The Morgan fingerprint density at radius 2 is 1.78 bits per heavy atom. The van der Waals surface area contributed by atoms with E-state index in [4.69, 9.17) is 8.92 Å². The van der Waals surface area contributed by atoms with Gasteiger partial charge in [-0.25, -0.2) is 0 Å². The van der Waals surface area contributed by atoms with Gasteiger partial charge in [0.2, 0.25) is 0 Å². The van der Waals surface area contributed by atoms with E-state index < -0.39 is 16.0 Å². The first-order chi connectivity index (χ1) is 17.6. The standard InChI is InChI=1S/C27H23BrN2O6S/c1-4-35-25-15-19(13-20(16-29)27(32)30-24-8-6-5-7-22(24)18(3)31)14-23(28)26(25)36-37(33,34)21-11-9-17(2)10-12-21/h5-15H,4H2,1-3H3,(H,30,32)/b20-13-. The largest absolute Gasteiger partial charge is 0.490 e. The summed E-state index contributed by atoms with van der Waals surface area (Å²) in [5, 5.41) is 12.2. The summed E-state index contributed by atoms with van der Waals surface area (Å²) < 4.78 is 36.9. The Kier molecular flexibility index (Phi) is 8.86. The Balaban J connectivity index is 1.95. The number of hydrogen-bond acceptors (Lipinski definition) is 7. The van der Waals surface area contributed by atoms with Gasteiger partial charge in [0.15, 0.2) is 17.3 Å². The van der Waals surface area contributed by atoms with Crippen molar-refractivity contribution in [3.63, 3.8) is 0 Å². The lowest BCUT2D eigenvalue weighted by Crippen LogP contribution is -2.15. The molecule has 0 aliphatic rings. The van der Waals surface area contributed by atoms with Crippen LogP contribution in [0.15, 0.2) is 75.6 Å². The molecule has 0 radical (unpaired) electrons. The number of nitrogens with one attached hydrogen (secondary N) is 1. The summed E-state index contributed by atoms with van der Waals surface area (Å²) in [6.45, 7) is 5.13. The number of ether oxygens (including phenoxy) is 1. The first-order valence-corrected chi connectivity index (χ1v) is 13.3. The minimum atomic E-state index is -4.16. The fraction of sp³-hybridized carbons (Fsp3) is 0.148. The smallest absolute Gasteiger partial charge is 0.339 e. The quantitative estimate of drug-likeness (QED) is 0.149. The maximum absolute atomic E-state index is 12.8. The maximum Gasteiger partial charge on any atom is 0.339 e. The molecule has 3 aromatic rings. The minimum absolute atomic E-state index is 0.0225. The van der Waals surface area contributed by atoms with Crippen LogP contribution in [0.2, 0.25) is 0 Å². The molecule has 3 aromatic carbocycles. The molecule has 37 heavy (non-hydrogen) atoms. The second-order valence-electron chi connectivity index (χ2n) is 7.84. The summed E-state index contributed by atoms with van der Waals surface area (Å²) in [6.07, 6.45) is 1.32. The number of amides is 1. The number of rotatable bonds is 9. The Morgan fingerprint density at radius 1 is 1.11 bits per heavy atom. The van der Waals surface area contributed by atoms with Gasteiger partial charge in [0.05, 0.1) is 16.8 Å². The van der Waals surface area contributed by atoms with Gasteiger partial charge in [0, 0.05) is 5.56 Å². The zero-order valence-electron chi connectivity index (χ0n) is 20.2. The number of carbonyl (C=O) groups excluding carboxylic acids is 2. The highest BCUT2D eigenvalue weighted by Crippen LogP contribution is 2.39. The summed E-state index contributed by atoms with van der Waals surface area (Å²) in [6, 6.07) is 17.5. The highest BCUT2D eigenvalue weighted by atomic mass is 79.9. The van der Waals surface area contributed by atoms with Crippen molar-refractivity contribution in [1.82, 2.24) is 0 Å². The van der Waals surface area contributed by atoms with Gasteiger partial charge in [0.25, 0.3) is 5.91 Å². The molecule has 0 aliphatic carbocycles. The molecule has 0 atom stereocenters. The number of anilines is 1. The Morgan fingerprint density at radius 3 is 2.41 bits per heavy atom. The highest BCUT2D eigenvalue weighted by Gasteiger charge is 2.22. The van der Waals surface area contributed by atoms with Gasteiger partial charge in [-0.15, -0.1) is 0 Å². The van der Waals surface area contributed by atoms with Gasteiger partial charge in [-0.05, 0) is 84.7 Å². The number of halogens is 1. The SMILES string of the molecule is CCOc1cc(/C=C(/C#N)C(=O)Nc2ccccc2C(C)=O)cc(Br)c1OS(=O)(=O)c1ccc(C)cc1. The third-order valence-corrected chi connectivity index (χ3v) is 6.89. The molecule has 0 spiro atoms. The Labute approximate surface area is 223 Å². The van der Waals surface area contributed by atoms with Gasteiger partial charge >= 0.3 is 10.1 Å². The zero-order valence-corrected chi connectivity index (χ0v) is 22.6. The predicted octanol–water partition coefficient (Wildman–Crippen LogP) is 5.67. The van der Waals surface area contributed by atoms with Crippen molar-refractivity contribution in [2.45, 2.75) is 25.7 Å². The normalized spacial score (nSPS) is 11.4. The minimum Gasteiger partial charge on any atom is -0.490 e. The number of carbonyl (C=O) groups is 2. The molecule has 3 rings (SSSR count). The molecule has 0 unspecified atom stereocenters. The second-order valence-corrected chi connectivity index (χ2v) is 10.2. The van der Waals surface area contributed by atoms with Crippen molar-refractivity contribution in [3.05, 3.63) is 87.4 Å². The average Bonchev–Trinajstić information content (AvgIpc) is 2.85. The van der Waals surface area contributed by atoms with Gasteiger partial charge < -0.3 is 14.2 Å². The van der Waals surface area contributed by atoms with E-state index in [2.05, 4.69) is 21.2 Å². The van der Waals surface area contributed by atoms with E-state index in [1.807, 2.05) is 13.0 Å². The van der Waals surface area contributed by atoms with Crippen molar-refractivity contribution < 1.29 is 26.9 Å². The molecule has 0 fully saturated rings. The molecular weight excluding hydrogens is 560 g/mol. The van der Waals surface area contributed by atoms with Crippen LogP contribution in [0.3, 0.4) is 0 Å². The van der Waals surface area contributed by atoms with Crippen LogP contribution in [0.25, 0.3) is 6.08 Å². The van der Waals surface area contributed by atoms with Gasteiger partial charge in [0.1, 0.15) is 16.5 Å². The summed E-state index contributed by atoms with van der Waals surface area (Å²) >= 11 is 3.31. The predicted molar refractivity (Wildman–Crippen MR) is 143 cm³/mol. The lowest BCUT2D eigenvalue weighted by atomic mass is 10.1. The number of nitriles is 1. The molecule has 1 N–H and O–H groups in total. The molecule has 0 saturated carbocycles. The molecule has 0 aliphatic heterocycles. The van der Waals surface area contributed by atoms with Crippen LogP contribution in [-0.2, 0) is 14.9 Å². The van der Waals surface area contributed by atoms with E-state index in [1.54, 1.807) is 43.3 Å². The number of Topliss-reactive ketones (excluding diaryl/α,β-unsaturated/α-hetero) is 1. The number of nitrogens with zero attached hydrogens (tertiary/aromatic N) is 1. The fourth-order valence-corrected chi connectivity index (χ4v) is 4.89. The van der Waals surface area contributed by atoms with E-state index in [0.717, 1.165) is 5.56 Å². The molecule has 0 saturated heterocycles. The van der Waals surface area contributed by atoms with E-state index in [-0.39, 0.29) is 44.5 Å². The number of para-hydroxylation sites is 1. The number of benzene rings is 3. The van der Waals surface area contributed by atoms with Crippen molar-refractivity contribution in [3.8, 4) is 17.6 Å². The monoisotopic (exact) mass is 582 g/mol. The summed E-state index contributed by atoms with van der Waals surface area (Å²) in [5.41, 5.74) is 1.62. The molecule has 0 bridgehead atoms. The van der Waals surface area contributed by atoms with E-state index in [1.165, 1.54) is 37.3 Å². The summed E-state index contributed by atoms with van der Waals surface area (Å²) in [4.78, 5) is 24.6. The van der Waals surface area contributed by atoms with Crippen LogP contribution in [0, 0.1) is 18.3 Å². The molecule has 1 amide bonds. The molecule has 8 nitrogen and oxygen atoms in total. The average molecular weight is 583 g/mol. The van der Waals surface area contributed by atoms with Crippen LogP contribution >= 0.6 is 15.9 Å². The van der Waals surface area contributed by atoms with E-state index >= 15 is 0 Å². The molecule has 10 heteroatoms. The van der Waals surface area contributed by atoms with E-state index in [9.17, 15) is 23.3 Å². The first-order valence-electron chi connectivity index (χ1n) is 11.1. The third-order valence-electron chi connectivity index (χ3n) is 5.07. The van der Waals surface area contributed by atoms with Crippen molar-refractivity contribution in [2.75, 3.05) is 11.9 Å². The van der Waals surface area contributed by atoms with Gasteiger partial charge in [-0.3, -0.25) is 9.59 Å². The molecular formula is C27H23BrN2O6S. The fourth-order valence-electron chi connectivity index (χ4n) is 3.28. The summed E-state index contributed by atoms with van der Waals surface area (Å²) in [7, 11) is -4.16. The second kappa shape index (κ2) is 11.9. The van der Waals surface area contributed by atoms with E-state index in [0.29, 0.717) is 11.1 Å². The third kappa shape index (κ3) is 6.84. The number of hydrogen-bond donors (Lipinski definition) is 1. The first kappa shape index (κ1) is 27.6. The van der Waals surface area contributed by atoms with Crippen LogP contribution in [-0.4, -0.2) is 26.7 Å². The number of ketones is 1. The maximum atomic E-state index is 12.8. The van der Waals surface area contributed by atoms with Crippen molar-refractivity contribution in [1.29, 1.82) is 5.26 Å². The lowest BCUT2D eigenvalue weighted by Gasteiger charge is -2.15. The van der Waals surface area contributed by atoms with Crippen LogP contribution in [0.1, 0.15) is 35.3 Å².